The van der Waals surface area contributed by atoms with Crippen molar-refractivity contribution < 1.29 is 18.7 Å². The van der Waals surface area contributed by atoms with Crippen molar-refractivity contribution in [2.24, 2.45) is 5.73 Å². The van der Waals surface area contributed by atoms with Crippen LogP contribution in [0.3, 0.4) is 0 Å². The standard InChI is InChI=1S/C24H24FN3O3.ClH/c1-30-19-5-3-4-17(12-19)18-10-11-20(21(25)13-18)22(31-2)24(29)28-14-15-6-8-16(9-7-15)23(26)27;/h3-13,22H,14H2,1-2H3,(H3,26,27)(H,28,29);1H. The van der Waals surface area contributed by atoms with Crippen LogP contribution in [0.4, 0.5) is 4.39 Å². The number of amidine groups is 1. The average Bonchev–Trinajstić information content (AvgIpc) is 2.79. The smallest absolute Gasteiger partial charge is 0.254 e. The molecule has 1 amide bonds. The van der Waals surface area contributed by atoms with Gasteiger partial charge in [-0.25, -0.2) is 4.39 Å². The number of amides is 1. The quantitative estimate of drug-likeness (QED) is 0.348. The molecule has 3 rings (SSSR count). The Morgan fingerprint density at radius 3 is 2.34 bits per heavy atom. The number of benzene rings is 3. The zero-order chi connectivity index (χ0) is 22.4. The monoisotopic (exact) mass is 457 g/mol. The number of hydrogen-bond acceptors (Lipinski definition) is 4. The summed E-state index contributed by atoms with van der Waals surface area (Å²) in [7, 11) is 2.93. The topological polar surface area (TPSA) is 97.4 Å². The van der Waals surface area contributed by atoms with E-state index in [1.807, 2.05) is 24.3 Å². The molecule has 168 valence electrons. The van der Waals surface area contributed by atoms with Crippen LogP contribution in [0.5, 0.6) is 5.75 Å². The third-order valence-corrected chi connectivity index (χ3v) is 4.89. The number of hydrogen-bond donors (Lipinski definition) is 3. The van der Waals surface area contributed by atoms with E-state index in [1.54, 1.807) is 43.5 Å². The SMILES string of the molecule is COc1cccc(-c2ccc(C(OC)C(=O)NCc3ccc(C(=N)N)cc3)c(F)c2)c1.Cl. The van der Waals surface area contributed by atoms with Gasteiger partial charge in [0.05, 0.1) is 7.11 Å². The van der Waals surface area contributed by atoms with Gasteiger partial charge >= 0.3 is 0 Å². The normalized spacial score (nSPS) is 11.2. The lowest BCUT2D eigenvalue weighted by atomic mass is 10.0. The van der Waals surface area contributed by atoms with Crippen molar-refractivity contribution in [1.82, 2.24) is 5.32 Å². The van der Waals surface area contributed by atoms with Crippen LogP contribution in [0, 0.1) is 11.2 Å². The maximum absolute atomic E-state index is 14.9. The molecule has 0 aliphatic heterocycles. The first-order valence-electron chi connectivity index (χ1n) is 9.60. The summed E-state index contributed by atoms with van der Waals surface area (Å²) in [6.07, 6.45) is -1.09. The first-order valence-corrected chi connectivity index (χ1v) is 9.60. The summed E-state index contributed by atoms with van der Waals surface area (Å²) in [5, 5.41) is 10.2. The van der Waals surface area contributed by atoms with Crippen LogP contribution in [0.1, 0.15) is 22.8 Å². The Bertz CT molecular complexity index is 1090. The highest BCUT2D eigenvalue weighted by Crippen LogP contribution is 2.28. The van der Waals surface area contributed by atoms with Crippen LogP contribution in [-0.4, -0.2) is 26.0 Å². The Morgan fingerprint density at radius 1 is 1.06 bits per heavy atom. The van der Waals surface area contributed by atoms with E-state index >= 15 is 0 Å². The van der Waals surface area contributed by atoms with Crippen LogP contribution in [0.25, 0.3) is 11.1 Å². The molecule has 6 nitrogen and oxygen atoms in total. The Morgan fingerprint density at radius 2 is 1.75 bits per heavy atom. The number of nitrogen functional groups attached to an aromatic ring is 1. The highest BCUT2D eigenvalue weighted by Gasteiger charge is 2.23. The second kappa shape index (κ2) is 11.3. The number of ether oxygens (including phenoxy) is 2. The molecular formula is C24H25ClFN3O3. The van der Waals surface area contributed by atoms with Crippen LogP contribution in [0.15, 0.2) is 66.7 Å². The molecule has 3 aromatic rings. The highest BCUT2D eigenvalue weighted by molar-refractivity contribution is 5.94. The summed E-state index contributed by atoms with van der Waals surface area (Å²) < 4.78 is 25.4. The lowest BCUT2D eigenvalue weighted by Gasteiger charge is -2.17. The van der Waals surface area contributed by atoms with Gasteiger partial charge < -0.3 is 20.5 Å². The fraction of sp³-hybridized carbons (Fsp3) is 0.167. The summed E-state index contributed by atoms with van der Waals surface area (Å²) in [6, 6.07) is 18.9. The third kappa shape index (κ3) is 5.84. The van der Waals surface area contributed by atoms with Crippen molar-refractivity contribution >= 4 is 24.1 Å². The molecule has 3 aromatic carbocycles. The molecule has 0 spiro atoms. The molecule has 0 aromatic heterocycles. The Balaban J connectivity index is 0.00000363. The second-order valence-corrected chi connectivity index (χ2v) is 6.91. The van der Waals surface area contributed by atoms with Crippen molar-refractivity contribution in [3.8, 4) is 16.9 Å². The van der Waals surface area contributed by atoms with Gasteiger partial charge in [0.15, 0.2) is 6.10 Å². The minimum absolute atomic E-state index is 0. The first kappa shape index (κ1) is 24.8. The molecular weight excluding hydrogens is 433 g/mol. The maximum Gasteiger partial charge on any atom is 0.254 e. The predicted molar refractivity (Wildman–Crippen MR) is 125 cm³/mol. The number of carbonyl (C=O) groups excluding carboxylic acids is 1. The van der Waals surface area contributed by atoms with E-state index in [2.05, 4.69) is 5.32 Å². The molecule has 0 saturated heterocycles. The lowest BCUT2D eigenvalue weighted by molar-refractivity contribution is -0.131. The Kier molecular flexibility index (Phi) is 8.75. The van der Waals surface area contributed by atoms with Gasteiger partial charge in [-0.3, -0.25) is 10.2 Å². The molecule has 1 unspecified atom stereocenters. The maximum atomic E-state index is 14.9. The minimum Gasteiger partial charge on any atom is -0.497 e. The molecule has 0 heterocycles. The number of nitrogens with one attached hydrogen (secondary N) is 2. The number of methoxy groups -OCH3 is 2. The van der Waals surface area contributed by atoms with Gasteiger partial charge in [-0.05, 0) is 34.9 Å². The van der Waals surface area contributed by atoms with Gasteiger partial charge in [0.25, 0.3) is 5.91 Å². The van der Waals surface area contributed by atoms with Crippen molar-refractivity contribution in [1.29, 1.82) is 5.41 Å². The van der Waals surface area contributed by atoms with Crippen LogP contribution in [-0.2, 0) is 16.1 Å². The molecule has 8 heteroatoms. The van der Waals surface area contributed by atoms with Crippen molar-refractivity contribution in [3.63, 3.8) is 0 Å². The van der Waals surface area contributed by atoms with Crippen LogP contribution < -0.4 is 15.8 Å². The molecule has 32 heavy (non-hydrogen) atoms. The van der Waals surface area contributed by atoms with Crippen LogP contribution >= 0.6 is 12.4 Å². The van der Waals surface area contributed by atoms with Crippen molar-refractivity contribution in [3.05, 3.63) is 89.2 Å². The predicted octanol–water partition coefficient (Wildman–Crippen LogP) is 4.21. The molecule has 0 bridgehead atoms. The second-order valence-electron chi connectivity index (χ2n) is 6.91. The van der Waals surface area contributed by atoms with E-state index in [4.69, 9.17) is 20.6 Å². The minimum atomic E-state index is -1.09. The van der Waals surface area contributed by atoms with Gasteiger partial charge in [-0.1, -0.05) is 48.5 Å². The zero-order valence-corrected chi connectivity index (χ0v) is 18.5. The summed E-state index contributed by atoms with van der Waals surface area (Å²) in [6.45, 7) is 0.236. The fourth-order valence-electron chi connectivity index (χ4n) is 3.18. The van der Waals surface area contributed by atoms with E-state index in [-0.39, 0.29) is 30.4 Å². The van der Waals surface area contributed by atoms with Gasteiger partial charge in [-0.15, -0.1) is 12.4 Å². The number of nitrogens with two attached hydrogens (primary N) is 1. The van der Waals surface area contributed by atoms with Crippen LogP contribution in [0.2, 0.25) is 0 Å². The third-order valence-electron chi connectivity index (χ3n) is 4.89. The van der Waals surface area contributed by atoms with Crippen molar-refractivity contribution in [2.75, 3.05) is 14.2 Å². The lowest BCUT2D eigenvalue weighted by Crippen LogP contribution is -2.30. The van der Waals surface area contributed by atoms with E-state index in [1.165, 1.54) is 13.2 Å². The molecule has 0 saturated carbocycles. The van der Waals surface area contributed by atoms with Gasteiger partial charge in [-0.2, -0.15) is 0 Å². The summed E-state index contributed by atoms with van der Waals surface area (Å²) in [4.78, 5) is 12.6. The van der Waals surface area contributed by atoms with Crippen molar-refractivity contribution in [2.45, 2.75) is 12.6 Å². The Labute approximate surface area is 192 Å². The van der Waals surface area contributed by atoms with E-state index in [0.29, 0.717) is 16.9 Å². The molecule has 0 aliphatic carbocycles. The summed E-state index contributed by atoms with van der Waals surface area (Å²) in [5.41, 5.74) is 8.48. The molecule has 0 aliphatic rings. The first-order chi connectivity index (χ1) is 14.9. The van der Waals surface area contributed by atoms with Gasteiger partial charge in [0, 0.05) is 24.8 Å². The van der Waals surface area contributed by atoms with E-state index in [0.717, 1.165) is 11.1 Å². The number of halogens is 2. The molecule has 1 atom stereocenters. The number of rotatable bonds is 8. The highest BCUT2D eigenvalue weighted by atomic mass is 35.5. The van der Waals surface area contributed by atoms with E-state index in [9.17, 15) is 9.18 Å². The number of carbonyl (C=O) groups is 1. The Hall–Kier alpha value is -3.42. The van der Waals surface area contributed by atoms with Gasteiger partial charge in [0.2, 0.25) is 0 Å². The fourth-order valence-corrected chi connectivity index (χ4v) is 3.18. The summed E-state index contributed by atoms with van der Waals surface area (Å²) in [5.74, 6) is -0.338. The zero-order valence-electron chi connectivity index (χ0n) is 17.7. The van der Waals surface area contributed by atoms with Gasteiger partial charge in [0.1, 0.15) is 17.4 Å². The molecule has 0 radical (unpaired) electrons. The summed E-state index contributed by atoms with van der Waals surface area (Å²) >= 11 is 0. The average molecular weight is 458 g/mol. The largest absolute Gasteiger partial charge is 0.497 e. The van der Waals surface area contributed by atoms with E-state index < -0.39 is 17.8 Å². The molecule has 0 fully saturated rings. The molecule has 4 N–H and O–H groups in total.